The van der Waals surface area contributed by atoms with Crippen molar-refractivity contribution < 1.29 is 48.0 Å². The predicted octanol–water partition coefficient (Wildman–Crippen LogP) is -1.04. The summed E-state index contributed by atoms with van der Waals surface area (Å²) in [6.07, 6.45) is 1.30. The van der Waals surface area contributed by atoms with Crippen LogP contribution in [-0.2, 0) is 26.0 Å². The Kier molecular flexibility index (Phi) is 7.02. The third kappa shape index (κ3) is 4.77. The van der Waals surface area contributed by atoms with Crippen molar-refractivity contribution in [3.8, 4) is 5.75 Å². The molecule has 1 saturated heterocycles. The number of nitrogens with zero attached hydrogens (tertiary/aromatic N) is 3. The fourth-order valence-electron chi connectivity index (χ4n) is 2.70. The normalized spacial score (nSPS) is 15.6. The zero-order valence-electron chi connectivity index (χ0n) is 15.3. The van der Waals surface area contributed by atoms with E-state index in [-0.39, 0.29) is 41.6 Å². The first kappa shape index (κ1) is 20.4. The van der Waals surface area contributed by atoms with Crippen LogP contribution >= 0.6 is 0 Å². The molecule has 1 atom stereocenters. The fourth-order valence-corrected chi connectivity index (χ4v) is 3.77. The number of para-hydroxylation sites is 2. The van der Waals surface area contributed by atoms with E-state index in [0.717, 1.165) is 16.6 Å². The first-order chi connectivity index (χ1) is 12.7. The summed E-state index contributed by atoms with van der Waals surface area (Å²) in [7, 11) is -1.38. The van der Waals surface area contributed by atoms with Crippen LogP contribution in [0.3, 0.4) is 0 Å². The average molecular weight is 395 g/mol. The molecule has 0 amide bonds. The van der Waals surface area contributed by atoms with E-state index in [4.69, 9.17) is 14.2 Å². The standard InChI is InChI=1S/C18H18N3O4S.Na/c1-12-15(19-7-6-16(12)25-10-17-23-8-9-24-17)11-26(22)18-20-13-4-2-3-5-14(13)21-18;/h2-7,17H,8-11H2,1H3;/q-1;+1. The van der Waals surface area contributed by atoms with Crippen molar-refractivity contribution in [3.05, 3.63) is 47.8 Å². The van der Waals surface area contributed by atoms with E-state index in [0.29, 0.717) is 36.4 Å². The van der Waals surface area contributed by atoms with Gasteiger partial charge in [-0.05, 0) is 24.0 Å². The molecule has 1 unspecified atom stereocenters. The maximum absolute atomic E-state index is 12.7. The molecule has 0 radical (unpaired) electrons. The fraction of sp³-hybridized carbons (Fsp3) is 0.333. The smallest absolute Gasteiger partial charge is 0.488 e. The van der Waals surface area contributed by atoms with Gasteiger partial charge < -0.3 is 24.2 Å². The predicted molar refractivity (Wildman–Crippen MR) is 95.3 cm³/mol. The molecule has 2 aromatic heterocycles. The van der Waals surface area contributed by atoms with Gasteiger partial charge in [-0.15, -0.1) is 0 Å². The summed E-state index contributed by atoms with van der Waals surface area (Å²) in [6.45, 7) is 3.38. The van der Waals surface area contributed by atoms with E-state index in [1.165, 1.54) is 0 Å². The molecule has 3 aromatic rings. The van der Waals surface area contributed by atoms with Crippen LogP contribution in [0.5, 0.6) is 5.75 Å². The maximum Gasteiger partial charge on any atom is 1.00 e. The molecule has 1 aliphatic heterocycles. The van der Waals surface area contributed by atoms with Crippen LogP contribution in [0.2, 0.25) is 0 Å². The number of rotatable bonds is 6. The van der Waals surface area contributed by atoms with Gasteiger partial charge in [0, 0.05) is 16.9 Å². The van der Waals surface area contributed by atoms with E-state index < -0.39 is 10.8 Å². The number of aromatic nitrogens is 3. The number of benzene rings is 1. The molecule has 136 valence electrons. The Morgan fingerprint density at radius 3 is 2.81 bits per heavy atom. The molecule has 0 bridgehead atoms. The summed E-state index contributed by atoms with van der Waals surface area (Å²) in [6, 6.07) is 9.26. The minimum absolute atomic E-state index is 0. The Balaban J connectivity index is 0.00000210. The SMILES string of the molecule is Cc1c(OCC2OCCO2)ccnc1CS(=O)c1nc2ccccc2[n-]1.[Na+]. The Hall–Kier alpha value is -1.29. The minimum Gasteiger partial charge on any atom is -0.488 e. The zero-order valence-corrected chi connectivity index (χ0v) is 18.1. The van der Waals surface area contributed by atoms with Crippen molar-refractivity contribution in [3.63, 3.8) is 0 Å². The Bertz CT molecular complexity index is 910. The number of pyridine rings is 1. The molecule has 0 spiro atoms. The van der Waals surface area contributed by atoms with Gasteiger partial charge in [-0.25, -0.2) is 0 Å². The second-order valence-corrected chi connectivity index (χ2v) is 7.19. The van der Waals surface area contributed by atoms with Crippen molar-refractivity contribution in [1.82, 2.24) is 15.0 Å². The number of ether oxygens (including phenoxy) is 3. The molecular formula is C18H18N3NaO4S. The minimum atomic E-state index is -1.38. The van der Waals surface area contributed by atoms with Crippen LogP contribution in [0.1, 0.15) is 11.3 Å². The van der Waals surface area contributed by atoms with Gasteiger partial charge in [-0.1, -0.05) is 24.3 Å². The topological polar surface area (TPSA) is 84.6 Å². The number of fused-ring (bicyclic) bond motifs is 1. The van der Waals surface area contributed by atoms with E-state index in [2.05, 4.69) is 15.0 Å². The van der Waals surface area contributed by atoms with Crippen molar-refractivity contribution in [2.24, 2.45) is 0 Å². The molecule has 0 aliphatic carbocycles. The van der Waals surface area contributed by atoms with Gasteiger partial charge in [-0.3, -0.25) is 9.19 Å². The van der Waals surface area contributed by atoms with Crippen LogP contribution in [0.25, 0.3) is 11.0 Å². The van der Waals surface area contributed by atoms with E-state index >= 15 is 0 Å². The zero-order chi connectivity index (χ0) is 17.9. The molecule has 1 aliphatic rings. The monoisotopic (exact) mass is 395 g/mol. The van der Waals surface area contributed by atoms with Crippen molar-refractivity contribution in [2.45, 2.75) is 24.1 Å². The van der Waals surface area contributed by atoms with Gasteiger partial charge >= 0.3 is 29.6 Å². The summed E-state index contributed by atoms with van der Waals surface area (Å²) in [4.78, 5) is 13.0. The molecule has 3 heterocycles. The second-order valence-electron chi connectivity index (χ2n) is 5.85. The molecule has 4 rings (SSSR count). The molecule has 0 N–H and O–H groups in total. The molecule has 1 aromatic carbocycles. The maximum atomic E-state index is 12.7. The Morgan fingerprint density at radius 2 is 2.04 bits per heavy atom. The summed E-state index contributed by atoms with van der Waals surface area (Å²) < 4.78 is 29.2. The van der Waals surface area contributed by atoms with Gasteiger partial charge in [0.15, 0.2) is 6.29 Å². The van der Waals surface area contributed by atoms with Crippen LogP contribution in [0.4, 0.5) is 0 Å². The molecule has 1 fully saturated rings. The van der Waals surface area contributed by atoms with E-state index in [1.807, 2.05) is 31.2 Å². The summed E-state index contributed by atoms with van der Waals surface area (Å²) in [5.41, 5.74) is 3.03. The van der Waals surface area contributed by atoms with Crippen molar-refractivity contribution in [2.75, 3.05) is 19.8 Å². The quantitative estimate of drug-likeness (QED) is 0.493. The first-order valence-electron chi connectivity index (χ1n) is 8.29. The molecule has 9 heteroatoms. The second kappa shape index (κ2) is 9.27. The van der Waals surface area contributed by atoms with Gasteiger partial charge in [0.05, 0.1) is 35.5 Å². The third-order valence-electron chi connectivity index (χ3n) is 4.11. The van der Waals surface area contributed by atoms with Gasteiger partial charge in [0.25, 0.3) is 0 Å². The van der Waals surface area contributed by atoms with Crippen LogP contribution < -0.4 is 39.3 Å². The molecule has 27 heavy (non-hydrogen) atoms. The number of hydrogen-bond acceptors (Lipinski definition) is 6. The number of imidazole rings is 1. The molecule has 7 nitrogen and oxygen atoms in total. The first-order valence-corrected chi connectivity index (χ1v) is 9.61. The van der Waals surface area contributed by atoms with Crippen molar-refractivity contribution in [1.29, 1.82) is 0 Å². The van der Waals surface area contributed by atoms with E-state index in [1.54, 1.807) is 12.3 Å². The molecular weight excluding hydrogens is 377 g/mol. The summed E-state index contributed by atoms with van der Waals surface area (Å²) in [5, 5.41) is 0.325. The Labute approximate surface area is 181 Å². The van der Waals surface area contributed by atoms with Gasteiger partial charge in [0.2, 0.25) is 0 Å². The Morgan fingerprint density at radius 1 is 1.26 bits per heavy atom. The molecule has 0 saturated carbocycles. The van der Waals surface area contributed by atoms with Crippen LogP contribution in [0.15, 0.2) is 41.7 Å². The van der Waals surface area contributed by atoms with Crippen LogP contribution in [0, 0.1) is 6.92 Å². The third-order valence-corrected chi connectivity index (χ3v) is 5.24. The average Bonchev–Trinajstić information content (AvgIpc) is 3.31. The summed E-state index contributed by atoms with van der Waals surface area (Å²) in [5.74, 6) is 0.912. The largest absolute Gasteiger partial charge is 1.00 e. The van der Waals surface area contributed by atoms with E-state index in [9.17, 15) is 4.21 Å². The van der Waals surface area contributed by atoms with Gasteiger partial charge in [-0.2, -0.15) is 0 Å². The number of hydrogen-bond donors (Lipinski definition) is 0. The van der Waals surface area contributed by atoms with Crippen molar-refractivity contribution >= 4 is 21.8 Å². The van der Waals surface area contributed by atoms with Crippen LogP contribution in [-0.4, -0.2) is 40.3 Å². The van der Waals surface area contributed by atoms with Gasteiger partial charge in [0.1, 0.15) is 12.4 Å². The summed E-state index contributed by atoms with van der Waals surface area (Å²) >= 11 is 0.